The minimum absolute atomic E-state index is 0.981. The zero-order valence-electron chi connectivity index (χ0n) is 14.2. The molecular weight excluding hydrogens is 304 g/mol. The Bertz CT molecular complexity index is 538. The average molecular weight is 335 g/mol. The molecule has 0 unspecified atom stereocenters. The number of aryl methyl sites for hydroxylation is 2. The molecule has 0 nitrogen and oxygen atoms in total. The normalized spacial score (nSPS) is 22.5. The van der Waals surface area contributed by atoms with E-state index in [1.807, 2.05) is 11.3 Å². The van der Waals surface area contributed by atoms with Crippen molar-refractivity contribution in [3.63, 3.8) is 0 Å². The van der Waals surface area contributed by atoms with Gasteiger partial charge in [-0.25, -0.2) is 0 Å². The lowest BCUT2D eigenvalue weighted by molar-refractivity contribution is 0.278. The van der Waals surface area contributed by atoms with E-state index in [4.69, 9.17) is 0 Å². The Morgan fingerprint density at radius 2 is 1.55 bits per heavy atom. The summed E-state index contributed by atoms with van der Waals surface area (Å²) in [4.78, 5) is 3.22. The summed E-state index contributed by atoms with van der Waals surface area (Å²) in [5.74, 6) is 1.98. The summed E-state index contributed by atoms with van der Waals surface area (Å²) in [6.07, 6.45) is 14.0. The lowest BCUT2D eigenvalue weighted by Gasteiger charge is -2.25. The molecule has 0 spiro atoms. The summed E-state index contributed by atoms with van der Waals surface area (Å²) < 4.78 is 3.09. The molecule has 22 heavy (non-hydrogen) atoms. The number of fused-ring (bicyclic) bond motifs is 1. The largest absolute Gasteiger partial charge is 0.139 e. The maximum Gasteiger partial charge on any atom is 0.0456 e. The Hall–Kier alpha value is -0.340. The lowest BCUT2D eigenvalue weighted by Crippen LogP contribution is -2.12. The van der Waals surface area contributed by atoms with Crippen molar-refractivity contribution in [3.8, 4) is 0 Å². The van der Waals surface area contributed by atoms with Crippen molar-refractivity contribution in [2.45, 2.75) is 78.1 Å². The predicted molar refractivity (Wildman–Crippen MR) is 102 cm³/mol. The van der Waals surface area contributed by atoms with Crippen molar-refractivity contribution in [3.05, 3.63) is 21.9 Å². The van der Waals surface area contributed by atoms with E-state index < -0.39 is 0 Å². The molecule has 0 aromatic carbocycles. The second-order valence-corrected chi connectivity index (χ2v) is 9.61. The molecule has 2 aromatic rings. The van der Waals surface area contributed by atoms with Crippen LogP contribution in [0.1, 0.15) is 75.0 Å². The van der Waals surface area contributed by atoms with E-state index >= 15 is 0 Å². The first-order valence-electron chi connectivity index (χ1n) is 9.25. The van der Waals surface area contributed by atoms with Crippen LogP contribution in [0.3, 0.4) is 0 Å². The molecular formula is C20H30S2. The minimum atomic E-state index is 0.981. The summed E-state index contributed by atoms with van der Waals surface area (Å²) in [6, 6.07) is 4.95. The summed E-state index contributed by atoms with van der Waals surface area (Å²) >= 11 is 4.10. The van der Waals surface area contributed by atoms with E-state index in [-0.39, 0.29) is 0 Å². The maximum absolute atomic E-state index is 2.49. The molecule has 2 heterocycles. The third-order valence-corrected chi connectivity index (χ3v) is 7.68. The van der Waals surface area contributed by atoms with Gasteiger partial charge < -0.3 is 0 Å². The van der Waals surface area contributed by atoms with Gasteiger partial charge in [-0.15, -0.1) is 22.7 Å². The molecule has 0 amide bonds. The summed E-state index contributed by atoms with van der Waals surface area (Å²) in [5.41, 5.74) is 0. The van der Waals surface area contributed by atoms with Gasteiger partial charge in [0.05, 0.1) is 0 Å². The van der Waals surface area contributed by atoms with E-state index in [9.17, 15) is 0 Å². The van der Waals surface area contributed by atoms with E-state index in [0.717, 1.165) is 11.8 Å². The Labute approximate surface area is 143 Å². The van der Waals surface area contributed by atoms with Crippen molar-refractivity contribution in [2.75, 3.05) is 0 Å². The van der Waals surface area contributed by atoms with Gasteiger partial charge in [-0.3, -0.25) is 0 Å². The molecule has 0 radical (unpaired) electrons. The van der Waals surface area contributed by atoms with E-state index in [0.29, 0.717) is 0 Å². The minimum Gasteiger partial charge on any atom is -0.139 e. The number of unbranched alkanes of at least 4 members (excludes halogenated alkanes) is 2. The van der Waals surface area contributed by atoms with Crippen molar-refractivity contribution < 1.29 is 0 Å². The van der Waals surface area contributed by atoms with Crippen LogP contribution in [0, 0.1) is 11.8 Å². The van der Waals surface area contributed by atoms with Gasteiger partial charge in [-0.1, -0.05) is 52.4 Å². The van der Waals surface area contributed by atoms with Crippen LogP contribution < -0.4 is 0 Å². The highest BCUT2D eigenvalue weighted by Gasteiger charge is 2.18. The molecule has 1 fully saturated rings. The number of hydrogen-bond donors (Lipinski definition) is 0. The average Bonchev–Trinajstić information content (AvgIpc) is 3.05. The molecule has 0 saturated heterocycles. The van der Waals surface area contributed by atoms with Crippen LogP contribution in [0.25, 0.3) is 9.40 Å². The van der Waals surface area contributed by atoms with Crippen LogP contribution >= 0.6 is 22.7 Å². The Balaban J connectivity index is 1.51. The molecule has 2 heteroatoms. The predicted octanol–water partition coefficient (Wildman–Crippen LogP) is 7.45. The Morgan fingerprint density at radius 3 is 2.18 bits per heavy atom. The van der Waals surface area contributed by atoms with Gasteiger partial charge in [0, 0.05) is 19.2 Å². The molecule has 2 aromatic heterocycles. The van der Waals surface area contributed by atoms with Gasteiger partial charge in [0.1, 0.15) is 0 Å². The van der Waals surface area contributed by atoms with Crippen LogP contribution in [0.15, 0.2) is 12.1 Å². The van der Waals surface area contributed by atoms with Gasteiger partial charge in [0.25, 0.3) is 0 Å². The molecule has 1 saturated carbocycles. The van der Waals surface area contributed by atoms with Gasteiger partial charge in [0.2, 0.25) is 0 Å². The molecule has 1 aliphatic carbocycles. The highest BCUT2D eigenvalue weighted by atomic mass is 32.1. The van der Waals surface area contributed by atoms with Crippen LogP contribution in [0.5, 0.6) is 0 Å². The van der Waals surface area contributed by atoms with Gasteiger partial charge in [-0.05, 0) is 49.7 Å². The lowest BCUT2D eigenvalue weighted by atomic mass is 9.81. The van der Waals surface area contributed by atoms with E-state index in [2.05, 4.69) is 37.3 Å². The summed E-state index contributed by atoms with van der Waals surface area (Å²) in [7, 11) is 0. The van der Waals surface area contributed by atoms with Crippen LogP contribution in [0.2, 0.25) is 0 Å². The van der Waals surface area contributed by atoms with Gasteiger partial charge in [-0.2, -0.15) is 0 Å². The highest BCUT2D eigenvalue weighted by Crippen LogP contribution is 2.36. The van der Waals surface area contributed by atoms with Crippen LogP contribution in [0.4, 0.5) is 0 Å². The third kappa shape index (κ3) is 4.35. The van der Waals surface area contributed by atoms with Crippen molar-refractivity contribution >= 4 is 32.1 Å². The van der Waals surface area contributed by atoms with Crippen molar-refractivity contribution in [2.24, 2.45) is 11.8 Å². The SMILES string of the molecule is CCCCCc1cc2sc(CC[C@H]3CC[C@H](C)CC3)cc2s1. The van der Waals surface area contributed by atoms with E-state index in [1.54, 1.807) is 19.2 Å². The topological polar surface area (TPSA) is 0 Å². The molecule has 0 aliphatic heterocycles. The number of hydrogen-bond acceptors (Lipinski definition) is 2. The molecule has 0 N–H and O–H groups in total. The molecule has 1 aliphatic rings. The highest BCUT2D eigenvalue weighted by molar-refractivity contribution is 7.27. The maximum atomic E-state index is 2.49. The second kappa shape index (κ2) is 7.97. The van der Waals surface area contributed by atoms with Crippen LogP contribution in [-0.2, 0) is 12.8 Å². The van der Waals surface area contributed by atoms with Crippen molar-refractivity contribution in [1.29, 1.82) is 0 Å². The molecule has 122 valence electrons. The van der Waals surface area contributed by atoms with E-state index in [1.165, 1.54) is 64.2 Å². The fraction of sp³-hybridized carbons (Fsp3) is 0.700. The first-order valence-corrected chi connectivity index (χ1v) is 10.9. The number of rotatable bonds is 7. The summed E-state index contributed by atoms with van der Waals surface area (Å²) in [6.45, 7) is 4.70. The smallest absolute Gasteiger partial charge is 0.0456 e. The molecule has 0 atom stereocenters. The monoisotopic (exact) mass is 334 g/mol. The second-order valence-electron chi connectivity index (χ2n) is 7.28. The molecule has 3 rings (SSSR count). The first-order chi connectivity index (χ1) is 10.7. The quantitative estimate of drug-likeness (QED) is 0.461. The number of thiophene rings is 2. The van der Waals surface area contributed by atoms with Gasteiger partial charge in [0.15, 0.2) is 0 Å². The fourth-order valence-electron chi connectivity index (χ4n) is 3.70. The summed E-state index contributed by atoms with van der Waals surface area (Å²) in [5, 5.41) is 0. The Kier molecular flexibility index (Phi) is 5.98. The molecule has 0 bridgehead atoms. The zero-order valence-corrected chi connectivity index (χ0v) is 15.8. The Morgan fingerprint density at radius 1 is 0.909 bits per heavy atom. The van der Waals surface area contributed by atoms with Crippen molar-refractivity contribution in [1.82, 2.24) is 0 Å². The van der Waals surface area contributed by atoms with Crippen LogP contribution in [-0.4, -0.2) is 0 Å². The third-order valence-electron chi connectivity index (χ3n) is 5.27. The first kappa shape index (κ1) is 16.5. The fourth-order valence-corrected chi connectivity index (χ4v) is 6.20. The van der Waals surface area contributed by atoms with Gasteiger partial charge >= 0.3 is 0 Å². The zero-order chi connectivity index (χ0) is 15.4. The standard InChI is InChI=1S/C20H30S2/c1-3-4-5-6-17-13-19-20(21-17)14-18(22-19)12-11-16-9-7-15(2)8-10-16/h13-16H,3-12H2,1-2H3/t15-,16-.